The molecule has 0 bridgehead atoms. The zero-order valence-electron chi connectivity index (χ0n) is 14.5. The van der Waals surface area contributed by atoms with Crippen LogP contribution in [-0.2, 0) is 14.3 Å². The van der Waals surface area contributed by atoms with Crippen LogP contribution in [0.15, 0.2) is 48.7 Å². The van der Waals surface area contributed by atoms with Gasteiger partial charge in [0.05, 0.1) is 18.2 Å². The van der Waals surface area contributed by atoms with E-state index in [-0.39, 0.29) is 10.6 Å². The van der Waals surface area contributed by atoms with Crippen molar-refractivity contribution in [2.45, 2.75) is 13.0 Å². The SMILES string of the molecule is COC(=O)C(OC(=O)c1ccnc2cc(C)ccc12)c1ccc(Cl)cc1Cl. The quantitative estimate of drug-likeness (QED) is 0.578. The fourth-order valence-corrected chi connectivity index (χ4v) is 3.17. The molecule has 0 radical (unpaired) electrons. The number of carbonyl (C=O) groups excluding carboxylic acids is 2. The molecular formula is C20H15Cl2NO4. The third kappa shape index (κ3) is 4.04. The minimum absolute atomic E-state index is 0.195. The van der Waals surface area contributed by atoms with Gasteiger partial charge in [0, 0.05) is 27.2 Å². The van der Waals surface area contributed by atoms with E-state index in [9.17, 15) is 9.59 Å². The summed E-state index contributed by atoms with van der Waals surface area (Å²) in [4.78, 5) is 29.3. The Morgan fingerprint density at radius 2 is 1.85 bits per heavy atom. The molecule has 0 spiro atoms. The number of nitrogens with zero attached hydrogens (tertiary/aromatic N) is 1. The van der Waals surface area contributed by atoms with Crippen molar-refractivity contribution in [1.29, 1.82) is 0 Å². The molecule has 0 aliphatic heterocycles. The van der Waals surface area contributed by atoms with Crippen LogP contribution in [0.5, 0.6) is 0 Å². The summed E-state index contributed by atoms with van der Waals surface area (Å²) in [6.45, 7) is 1.93. The van der Waals surface area contributed by atoms with E-state index < -0.39 is 18.0 Å². The summed E-state index contributed by atoms with van der Waals surface area (Å²) in [7, 11) is 1.21. The second kappa shape index (κ2) is 7.94. The molecule has 1 atom stereocenters. The van der Waals surface area contributed by atoms with Gasteiger partial charge < -0.3 is 9.47 Å². The predicted molar refractivity (Wildman–Crippen MR) is 103 cm³/mol. The van der Waals surface area contributed by atoms with Gasteiger partial charge in [0.25, 0.3) is 0 Å². The molecule has 0 saturated carbocycles. The van der Waals surface area contributed by atoms with Crippen molar-refractivity contribution in [3.05, 3.63) is 75.4 Å². The van der Waals surface area contributed by atoms with Crippen molar-refractivity contribution in [3.8, 4) is 0 Å². The highest BCUT2D eigenvalue weighted by molar-refractivity contribution is 6.35. The van der Waals surface area contributed by atoms with E-state index in [0.29, 0.717) is 21.5 Å². The molecule has 3 aromatic rings. The highest BCUT2D eigenvalue weighted by Gasteiger charge is 2.29. The molecule has 0 aliphatic carbocycles. The number of halogens is 2. The van der Waals surface area contributed by atoms with Gasteiger partial charge in [0.2, 0.25) is 6.10 Å². The molecule has 27 heavy (non-hydrogen) atoms. The number of benzene rings is 2. The van der Waals surface area contributed by atoms with E-state index in [4.69, 9.17) is 32.7 Å². The van der Waals surface area contributed by atoms with Crippen molar-refractivity contribution < 1.29 is 19.1 Å². The fraction of sp³-hybridized carbons (Fsp3) is 0.150. The lowest BCUT2D eigenvalue weighted by molar-refractivity contribution is -0.151. The van der Waals surface area contributed by atoms with Crippen molar-refractivity contribution in [1.82, 2.24) is 4.98 Å². The summed E-state index contributed by atoms with van der Waals surface area (Å²) in [5.74, 6) is -1.44. The Hall–Kier alpha value is -2.63. The second-order valence-corrected chi connectivity index (χ2v) is 6.70. The zero-order chi connectivity index (χ0) is 19.6. The van der Waals surface area contributed by atoms with Crippen LogP contribution in [0.3, 0.4) is 0 Å². The Morgan fingerprint density at radius 1 is 1.07 bits per heavy atom. The number of ether oxygens (including phenoxy) is 2. The number of hydrogen-bond donors (Lipinski definition) is 0. The van der Waals surface area contributed by atoms with Crippen LogP contribution in [0.1, 0.15) is 27.6 Å². The number of methoxy groups -OCH3 is 1. The number of fused-ring (bicyclic) bond motifs is 1. The fourth-order valence-electron chi connectivity index (χ4n) is 2.67. The number of hydrogen-bond acceptors (Lipinski definition) is 5. The van der Waals surface area contributed by atoms with E-state index in [0.717, 1.165) is 5.56 Å². The molecule has 0 fully saturated rings. The predicted octanol–water partition coefficient (Wildman–Crippen LogP) is 4.92. The molecule has 5 nitrogen and oxygen atoms in total. The largest absolute Gasteiger partial charge is 0.466 e. The molecule has 0 N–H and O–H groups in total. The Labute approximate surface area is 165 Å². The molecule has 1 aromatic heterocycles. The van der Waals surface area contributed by atoms with Crippen molar-refractivity contribution in [2.75, 3.05) is 7.11 Å². The van der Waals surface area contributed by atoms with E-state index in [2.05, 4.69) is 4.98 Å². The van der Waals surface area contributed by atoms with E-state index in [1.54, 1.807) is 12.1 Å². The number of rotatable bonds is 4. The molecule has 0 saturated heterocycles. The lowest BCUT2D eigenvalue weighted by Crippen LogP contribution is -2.21. The molecule has 1 unspecified atom stereocenters. The number of aromatic nitrogens is 1. The van der Waals surface area contributed by atoms with E-state index in [1.807, 2.05) is 19.1 Å². The Bertz CT molecular complexity index is 1040. The first-order valence-corrected chi connectivity index (χ1v) is 8.75. The number of carbonyl (C=O) groups is 2. The standard InChI is InChI=1S/C20H15Cl2NO4/c1-11-3-5-13-14(7-8-23-17(13)9-11)19(24)27-18(20(25)26-2)15-6-4-12(21)10-16(15)22/h3-10,18H,1-2H3. The molecule has 1 heterocycles. The van der Waals surface area contributed by atoms with Crippen LogP contribution < -0.4 is 0 Å². The van der Waals surface area contributed by atoms with Gasteiger partial charge in [-0.25, -0.2) is 9.59 Å². The zero-order valence-corrected chi connectivity index (χ0v) is 16.0. The van der Waals surface area contributed by atoms with Gasteiger partial charge in [-0.2, -0.15) is 0 Å². The first-order valence-electron chi connectivity index (χ1n) is 8.00. The van der Waals surface area contributed by atoms with Crippen molar-refractivity contribution in [3.63, 3.8) is 0 Å². The number of pyridine rings is 1. The number of esters is 2. The minimum atomic E-state index is -1.32. The highest BCUT2D eigenvalue weighted by Crippen LogP contribution is 2.31. The third-order valence-electron chi connectivity index (χ3n) is 4.00. The van der Waals surface area contributed by atoms with Gasteiger partial charge in [0.1, 0.15) is 0 Å². The molecule has 0 aliphatic rings. The minimum Gasteiger partial charge on any atom is -0.466 e. The molecule has 7 heteroatoms. The normalized spacial score (nSPS) is 11.9. The molecule has 3 rings (SSSR count). The molecule has 138 valence electrons. The maximum atomic E-state index is 12.8. The summed E-state index contributed by atoms with van der Waals surface area (Å²) in [5.41, 5.74) is 2.25. The van der Waals surface area contributed by atoms with E-state index in [1.165, 1.54) is 31.5 Å². The van der Waals surface area contributed by atoms with Crippen LogP contribution in [0.25, 0.3) is 10.9 Å². The molecular weight excluding hydrogens is 389 g/mol. The van der Waals surface area contributed by atoms with Crippen LogP contribution >= 0.6 is 23.2 Å². The van der Waals surface area contributed by atoms with Gasteiger partial charge in [0.15, 0.2) is 0 Å². The summed E-state index contributed by atoms with van der Waals surface area (Å²) < 4.78 is 10.2. The van der Waals surface area contributed by atoms with Crippen LogP contribution in [-0.4, -0.2) is 24.0 Å². The lowest BCUT2D eigenvalue weighted by atomic mass is 10.1. The first kappa shape index (κ1) is 19.1. The van der Waals surface area contributed by atoms with Crippen LogP contribution in [0.2, 0.25) is 10.0 Å². The average Bonchev–Trinajstić information content (AvgIpc) is 2.65. The Balaban J connectivity index is 1.99. The summed E-state index contributed by atoms with van der Waals surface area (Å²) in [5, 5.41) is 1.22. The van der Waals surface area contributed by atoms with Crippen LogP contribution in [0, 0.1) is 6.92 Å². The van der Waals surface area contributed by atoms with E-state index >= 15 is 0 Å². The van der Waals surface area contributed by atoms with Gasteiger partial charge in [-0.3, -0.25) is 4.98 Å². The molecule has 0 amide bonds. The molecule has 2 aromatic carbocycles. The summed E-state index contributed by atoms with van der Waals surface area (Å²) >= 11 is 12.1. The van der Waals surface area contributed by atoms with Gasteiger partial charge in [-0.05, 0) is 36.8 Å². The van der Waals surface area contributed by atoms with Gasteiger partial charge in [-0.1, -0.05) is 41.4 Å². The van der Waals surface area contributed by atoms with Gasteiger partial charge in [-0.15, -0.1) is 0 Å². The monoisotopic (exact) mass is 403 g/mol. The lowest BCUT2D eigenvalue weighted by Gasteiger charge is -2.18. The topological polar surface area (TPSA) is 65.5 Å². The highest BCUT2D eigenvalue weighted by atomic mass is 35.5. The third-order valence-corrected chi connectivity index (χ3v) is 4.57. The smallest absolute Gasteiger partial charge is 0.352 e. The maximum absolute atomic E-state index is 12.8. The maximum Gasteiger partial charge on any atom is 0.352 e. The number of aryl methyl sites for hydroxylation is 1. The average molecular weight is 404 g/mol. The van der Waals surface area contributed by atoms with Crippen molar-refractivity contribution >= 4 is 46.0 Å². The Kier molecular flexibility index (Phi) is 5.63. The second-order valence-electron chi connectivity index (χ2n) is 5.85. The van der Waals surface area contributed by atoms with Crippen molar-refractivity contribution in [2.24, 2.45) is 0 Å². The first-order chi connectivity index (χ1) is 12.9. The summed E-state index contributed by atoms with van der Waals surface area (Å²) in [6.07, 6.45) is 0.196. The Morgan fingerprint density at radius 3 is 2.56 bits per heavy atom. The van der Waals surface area contributed by atoms with Gasteiger partial charge >= 0.3 is 11.9 Å². The van der Waals surface area contributed by atoms with Crippen LogP contribution in [0.4, 0.5) is 0 Å². The summed E-state index contributed by atoms with van der Waals surface area (Å²) in [6, 6.07) is 11.6.